The number of unbranched alkanes of at least 4 members (excludes halogenated alkanes) is 2. The van der Waals surface area contributed by atoms with Crippen molar-refractivity contribution in [1.82, 2.24) is 0 Å². The number of carbonyl (C=O) groups is 1. The second-order valence-corrected chi connectivity index (χ2v) is 3.92. The zero-order valence-corrected chi connectivity index (χ0v) is 10.0. The molecule has 90 valence electrons. The van der Waals surface area contributed by atoms with Gasteiger partial charge in [0.15, 0.2) is 0 Å². The van der Waals surface area contributed by atoms with Gasteiger partial charge in [0.2, 0.25) is 0 Å². The number of anilines is 1. The van der Waals surface area contributed by atoms with Crippen molar-refractivity contribution >= 4 is 23.3 Å². The van der Waals surface area contributed by atoms with Crippen molar-refractivity contribution < 1.29 is 9.53 Å². The summed E-state index contributed by atoms with van der Waals surface area (Å²) >= 11 is 5.72. The van der Waals surface area contributed by atoms with Crippen molar-refractivity contribution in [3.05, 3.63) is 28.8 Å². The first kappa shape index (κ1) is 13.3. The highest BCUT2D eigenvalue weighted by molar-refractivity contribution is 6.31. The Kier molecular flexibility index (Phi) is 5.31. The number of nitriles is 1. The minimum Gasteiger partial charge on any atom is -0.462 e. The maximum absolute atomic E-state index is 11.6. The van der Waals surface area contributed by atoms with Crippen LogP contribution in [0.5, 0.6) is 0 Å². The van der Waals surface area contributed by atoms with Crippen molar-refractivity contribution in [2.75, 3.05) is 12.3 Å². The lowest BCUT2D eigenvalue weighted by atomic mass is 10.2. The molecule has 1 rings (SSSR count). The number of carbonyl (C=O) groups excluding carboxylic acids is 1. The molecular formula is C12H13ClN2O2. The SMILES string of the molecule is N#CCCCCOC(=O)c1ccc(Cl)cc1N. The van der Waals surface area contributed by atoms with Gasteiger partial charge >= 0.3 is 5.97 Å². The molecule has 0 bridgehead atoms. The topological polar surface area (TPSA) is 76.1 Å². The molecule has 2 N–H and O–H groups in total. The van der Waals surface area contributed by atoms with Gasteiger partial charge in [-0.2, -0.15) is 5.26 Å². The van der Waals surface area contributed by atoms with E-state index in [0.717, 1.165) is 6.42 Å². The monoisotopic (exact) mass is 252 g/mol. The Morgan fingerprint density at radius 3 is 2.88 bits per heavy atom. The second kappa shape index (κ2) is 6.77. The lowest BCUT2D eigenvalue weighted by Gasteiger charge is -2.06. The van der Waals surface area contributed by atoms with Crippen LogP contribution in [0.1, 0.15) is 29.6 Å². The van der Waals surface area contributed by atoms with E-state index in [2.05, 4.69) is 0 Å². The number of ether oxygens (including phenoxy) is 1. The molecule has 1 aromatic rings. The second-order valence-electron chi connectivity index (χ2n) is 3.48. The fraction of sp³-hybridized carbons (Fsp3) is 0.333. The van der Waals surface area contributed by atoms with Gasteiger partial charge in [0.05, 0.1) is 18.2 Å². The number of nitrogens with two attached hydrogens (primary N) is 1. The summed E-state index contributed by atoms with van der Waals surface area (Å²) in [5.41, 5.74) is 6.27. The van der Waals surface area contributed by atoms with Crippen LogP contribution in [0.15, 0.2) is 18.2 Å². The first-order valence-electron chi connectivity index (χ1n) is 5.24. The zero-order valence-electron chi connectivity index (χ0n) is 9.28. The zero-order chi connectivity index (χ0) is 12.7. The molecule has 17 heavy (non-hydrogen) atoms. The standard InChI is InChI=1S/C12H13ClN2O2/c13-9-4-5-10(11(15)8-9)12(16)17-7-3-1-2-6-14/h4-5,8H,1-3,7,15H2. The van der Waals surface area contributed by atoms with E-state index in [-0.39, 0.29) is 0 Å². The highest BCUT2D eigenvalue weighted by atomic mass is 35.5. The third-order valence-corrected chi connectivity index (χ3v) is 2.38. The van der Waals surface area contributed by atoms with E-state index in [9.17, 15) is 4.79 Å². The van der Waals surface area contributed by atoms with Crippen LogP contribution >= 0.6 is 11.6 Å². The van der Waals surface area contributed by atoms with Crippen molar-refractivity contribution in [2.24, 2.45) is 0 Å². The summed E-state index contributed by atoms with van der Waals surface area (Å²) in [5, 5.41) is 8.81. The molecule has 0 saturated carbocycles. The first-order valence-corrected chi connectivity index (χ1v) is 5.62. The van der Waals surface area contributed by atoms with Gasteiger partial charge in [0.25, 0.3) is 0 Å². The molecule has 1 aromatic carbocycles. The van der Waals surface area contributed by atoms with Gasteiger partial charge in [-0.3, -0.25) is 0 Å². The van der Waals surface area contributed by atoms with E-state index in [1.165, 1.54) is 12.1 Å². The molecule has 4 nitrogen and oxygen atoms in total. The summed E-state index contributed by atoms with van der Waals surface area (Å²) in [6.45, 7) is 0.294. The van der Waals surface area contributed by atoms with Crippen LogP contribution < -0.4 is 5.73 Å². The molecule has 0 heterocycles. The molecule has 0 atom stereocenters. The number of esters is 1. The fourth-order valence-corrected chi connectivity index (χ4v) is 1.45. The molecule has 0 spiro atoms. The Morgan fingerprint density at radius 2 is 2.24 bits per heavy atom. The van der Waals surface area contributed by atoms with Gasteiger partial charge in [-0.05, 0) is 31.0 Å². The van der Waals surface area contributed by atoms with E-state index in [4.69, 9.17) is 27.3 Å². The van der Waals surface area contributed by atoms with E-state index in [1.807, 2.05) is 6.07 Å². The number of halogens is 1. The summed E-state index contributed by atoms with van der Waals surface area (Å²) in [7, 11) is 0. The number of nitrogens with zero attached hydrogens (tertiary/aromatic N) is 1. The molecule has 0 fully saturated rings. The average molecular weight is 253 g/mol. The summed E-state index contributed by atoms with van der Waals surface area (Å²) < 4.78 is 5.02. The molecule has 0 aliphatic rings. The Bertz CT molecular complexity index is 441. The summed E-state index contributed by atoms with van der Waals surface area (Å²) in [4.78, 5) is 11.6. The summed E-state index contributed by atoms with van der Waals surface area (Å²) in [6.07, 6.45) is 1.87. The number of nitrogen functional groups attached to an aromatic ring is 1. The van der Waals surface area contributed by atoms with Crippen LogP contribution in [0.25, 0.3) is 0 Å². The van der Waals surface area contributed by atoms with Gasteiger partial charge in [0.1, 0.15) is 0 Å². The number of hydrogen-bond acceptors (Lipinski definition) is 4. The minimum atomic E-state index is -0.462. The van der Waals surface area contributed by atoms with E-state index >= 15 is 0 Å². The number of rotatable bonds is 5. The lowest BCUT2D eigenvalue weighted by molar-refractivity contribution is 0.0500. The molecule has 0 aliphatic carbocycles. The van der Waals surface area contributed by atoms with Gasteiger partial charge in [-0.15, -0.1) is 0 Å². The van der Waals surface area contributed by atoms with Crippen LogP contribution in [-0.2, 0) is 4.74 Å². The van der Waals surface area contributed by atoms with Gasteiger partial charge in [0, 0.05) is 17.1 Å². The van der Waals surface area contributed by atoms with Crippen LogP contribution in [0, 0.1) is 11.3 Å². The van der Waals surface area contributed by atoms with Crippen LogP contribution in [0.4, 0.5) is 5.69 Å². The Morgan fingerprint density at radius 1 is 1.47 bits per heavy atom. The smallest absolute Gasteiger partial charge is 0.340 e. The van der Waals surface area contributed by atoms with E-state index in [1.54, 1.807) is 6.07 Å². The Labute approximate surface area is 105 Å². The van der Waals surface area contributed by atoms with Crippen molar-refractivity contribution in [3.8, 4) is 6.07 Å². The van der Waals surface area contributed by atoms with E-state index in [0.29, 0.717) is 35.7 Å². The van der Waals surface area contributed by atoms with Gasteiger partial charge in [-0.25, -0.2) is 4.79 Å². The Hall–Kier alpha value is -1.73. The Balaban J connectivity index is 2.45. The van der Waals surface area contributed by atoms with Crippen molar-refractivity contribution in [3.63, 3.8) is 0 Å². The molecule has 5 heteroatoms. The predicted molar refractivity (Wildman–Crippen MR) is 65.6 cm³/mol. The fourth-order valence-electron chi connectivity index (χ4n) is 1.27. The maximum Gasteiger partial charge on any atom is 0.340 e. The average Bonchev–Trinajstić information content (AvgIpc) is 2.28. The van der Waals surface area contributed by atoms with Crippen molar-refractivity contribution in [1.29, 1.82) is 5.26 Å². The molecule has 0 amide bonds. The largest absolute Gasteiger partial charge is 0.462 e. The third kappa shape index (κ3) is 4.33. The minimum absolute atomic E-state index is 0.294. The van der Waals surface area contributed by atoms with Gasteiger partial charge < -0.3 is 10.5 Å². The first-order chi connectivity index (χ1) is 8.15. The highest BCUT2D eigenvalue weighted by Gasteiger charge is 2.10. The summed E-state index contributed by atoms with van der Waals surface area (Å²) in [6, 6.07) is 6.66. The molecule has 0 radical (unpaired) electrons. The quantitative estimate of drug-likeness (QED) is 0.497. The maximum atomic E-state index is 11.6. The number of benzene rings is 1. The third-order valence-electron chi connectivity index (χ3n) is 2.15. The normalized spacial score (nSPS) is 9.65. The lowest BCUT2D eigenvalue weighted by Crippen LogP contribution is -2.09. The van der Waals surface area contributed by atoms with Crippen LogP contribution in [0.3, 0.4) is 0 Å². The molecule has 0 unspecified atom stereocenters. The molecule has 0 aromatic heterocycles. The molecule has 0 saturated heterocycles. The highest BCUT2D eigenvalue weighted by Crippen LogP contribution is 2.18. The van der Waals surface area contributed by atoms with Gasteiger partial charge in [-0.1, -0.05) is 11.6 Å². The molecular weight excluding hydrogens is 240 g/mol. The predicted octanol–water partition coefficient (Wildman–Crippen LogP) is 2.77. The van der Waals surface area contributed by atoms with E-state index < -0.39 is 5.97 Å². The number of hydrogen-bond donors (Lipinski definition) is 1. The molecule has 0 aliphatic heterocycles. The van der Waals surface area contributed by atoms with Crippen LogP contribution in [-0.4, -0.2) is 12.6 Å². The van der Waals surface area contributed by atoms with Crippen LogP contribution in [0.2, 0.25) is 5.02 Å². The van der Waals surface area contributed by atoms with Crippen molar-refractivity contribution in [2.45, 2.75) is 19.3 Å². The summed E-state index contributed by atoms with van der Waals surface area (Å²) in [5.74, 6) is -0.462.